The van der Waals surface area contributed by atoms with Crippen LogP contribution in [0.25, 0.3) is 5.69 Å². The molecule has 3 aromatic rings. The molecule has 166 valence electrons. The predicted octanol–water partition coefficient (Wildman–Crippen LogP) is 3.96. The van der Waals surface area contributed by atoms with Gasteiger partial charge in [-0.15, -0.1) is 0 Å². The van der Waals surface area contributed by atoms with Gasteiger partial charge in [0.1, 0.15) is 13.1 Å². The van der Waals surface area contributed by atoms with Crippen molar-refractivity contribution in [3.63, 3.8) is 0 Å². The SMILES string of the molecule is C[C@@H]1CC[N+](Cc2ccccc2)(C(=O)O)CCN1C(=O)c1cc(Br)ccc1-n1nccn1. The van der Waals surface area contributed by atoms with E-state index in [1.54, 1.807) is 29.4 Å². The third-order valence-corrected chi connectivity index (χ3v) is 6.59. The quantitative estimate of drug-likeness (QED) is 0.550. The second kappa shape index (κ2) is 9.22. The zero-order valence-corrected chi connectivity index (χ0v) is 19.4. The van der Waals surface area contributed by atoms with E-state index in [-0.39, 0.29) is 16.4 Å². The predicted molar refractivity (Wildman–Crippen MR) is 122 cm³/mol. The lowest BCUT2D eigenvalue weighted by atomic mass is 10.1. The second-order valence-electron chi connectivity index (χ2n) is 8.13. The Morgan fingerprint density at radius 1 is 1.12 bits per heavy atom. The van der Waals surface area contributed by atoms with Crippen molar-refractivity contribution in [1.29, 1.82) is 0 Å². The number of benzene rings is 2. The van der Waals surface area contributed by atoms with Crippen molar-refractivity contribution >= 4 is 27.9 Å². The lowest BCUT2D eigenvalue weighted by Gasteiger charge is -2.31. The third-order valence-electron chi connectivity index (χ3n) is 6.09. The number of hydrogen-bond acceptors (Lipinski definition) is 4. The van der Waals surface area contributed by atoms with Crippen molar-refractivity contribution in [2.45, 2.75) is 25.9 Å². The molecule has 0 aliphatic carbocycles. The summed E-state index contributed by atoms with van der Waals surface area (Å²) in [5.41, 5.74) is 2.03. The molecular formula is C23H25BrN5O3+. The van der Waals surface area contributed by atoms with Gasteiger partial charge in [-0.2, -0.15) is 19.8 Å². The summed E-state index contributed by atoms with van der Waals surface area (Å²) in [6.07, 6.45) is 2.85. The maximum Gasteiger partial charge on any atom is 0.513 e. The number of halogens is 1. The first-order valence-corrected chi connectivity index (χ1v) is 11.3. The van der Waals surface area contributed by atoms with Crippen molar-refractivity contribution in [2.24, 2.45) is 0 Å². The number of nitrogens with zero attached hydrogens (tertiary/aromatic N) is 5. The number of rotatable bonds is 4. The van der Waals surface area contributed by atoms with E-state index in [0.29, 0.717) is 43.9 Å². The smallest absolute Gasteiger partial charge is 0.435 e. The van der Waals surface area contributed by atoms with Crippen LogP contribution in [-0.4, -0.2) is 67.2 Å². The zero-order chi connectivity index (χ0) is 22.7. The first kappa shape index (κ1) is 22.2. The van der Waals surface area contributed by atoms with E-state index in [4.69, 9.17) is 0 Å². The molecule has 0 saturated carbocycles. The van der Waals surface area contributed by atoms with Crippen molar-refractivity contribution in [3.8, 4) is 5.69 Å². The minimum atomic E-state index is -0.862. The Labute approximate surface area is 194 Å². The largest absolute Gasteiger partial charge is 0.513 e. The summed E-state index contributed by atoms with van der Waals surface area (Å²) < 4.78 is 0.684. The summed E-state index contributed by atoms with van der Waals surface area (Å²) >= 11 is 3.46. The summed E-state index contributed by atoms with van der Waals surface area (Å²) in [5.74, 6) is -0.156. The minimum absolute atomic E-state index is 0.0931. The molecule has 2 aromatic carbocycles. The Morgan fingerprint density at radius 2 is 1.84 bits per heavy atom. The normalized spacial score (nSPS) is 21.2. The minimum Gasteiger partial charge on any atom is -0.435 e. The first-order chi connectivity index (χ1) is 15.4. The number of hydrogen-bond donors (Lipinski definition) is 1. The number of aromatic nitrogens is 3. The fourth-order valence-corrected chi connectivity index (χ4v) is 4.58. The lowest BCUT2D eigenvalue weighted by molar-refractivity contribution is -0.868. The van der Waals surface area contributed by atoms with Gasteiger partial charge in [0, 0.05) is 22.5 Å². The van der Waals surface area contributed by atoms with E-state index in [1.165, 1.54) is 4.80 Å². The Bertz CT molecular complexity index is 1110. The molecule has 2 amide bonds. The summed E-state index contributed by atoms with van der Waals surface area (Å²) in [4.78, 5) is 29.2. The molecule has 2 atom stereocenters. The molecular weight excluding hydrogens is 474 g/mol. The molecule has 4 rings (SSSR count). The number of amides is 2. The summed E-state index contributed by atoms with van der Waals surface area (Å²) in [5, 5.41) is 18.5. The Morgan fingerprint density at radius 3 is 2.53 bits per heavy atom. The average molecular weight is 499 g/mol. The van der Waals surface area contributed by atoms with Crippen LogP contribution in [0.15, 0.2) is 65.4 Å². The van der Waals surface area contributed by atoms with Crippen molar-refractivity contribution in [3.05, 3.63) is 76.5 Å². The number of quaternary nitrogens is 1. The zero-order valence-electron chi connectivity index (χ0n) is 17.8. The van der Waals surface area contributed by atoms with Gasteiger partial charge >= 0.3 is 6.09 Å². The van der Waals surface area contributed by atoms with E-state index in [1.807, 2.05) is 43.3 Å². The average Bonchev–Trinajstić information content (AvgIpc) is 3.26. The van der Waals surface area contributed by atoms with E-state index in [9.17, 15) is 14.7 Å². The molecule has 1 aliphatic rings. The molecule has 8 nitrogen and oxygen atoms in total. The maximum absolute atomic E-state index is 13.7. The van der Waals surface area contributed by atoms with E-state index in [0.717, 1.165) is 10.0 Å². The van der Waals surface area contributed by atoms with Gasteiger partial charge in [-0.25, -0.2) is 4.48 Å². The highest BCUT2D eigenvalue weighted by atomic mass is 79.9. The van der Waals surface area contributed by atoms with Crippen LogP contribution in [0.2, 0.25) is 0 Å². The van der Waals surface area contributed by atoms with Crippen LogP contribution in [0.1, 0.15) is 29.3 Å². The second-order valence-corrected chi connectivity index (χ2v) is 9.05. The highest BCUT2D eigenvalue weighted by molar-refractivity contribution is 9.10. The van der Waals surface area contributed by atoms with E-state index in [2.05, 4.69) is 26.1 Å². The van der Waals surface area contributed by atoms with Crippen molar-refractivity contribution in [1.82, 2.24) is 19.9 Å². The summed E-state index contributed by atoms with van der Waals surface area (Å²) in [6, 6.07) is 15.0. The molecule has 0 spiro atoms. The van der Waals surface area contributed by atoms with Crippen LogP contribution in [0.3, 0.4) is 0 Å². The van der Waals surface area contributed by atoms with Crippen LogP contribution in [0.5, 0.6) is 0 Å². The first-order valence-electron chi connectivity index (χ1n) is 10.5. The van der Waals surface area contributed by atoms with Gasteiger partial charge < -0.3 is 10.0 Å². The topological polar surface area (TPSA) is 88.3 Å². The highest BCUT2D eigenvalue weighted by Crippen LogP contribution is 2.26. The van der Waals surface area contributed by atoms with E-state index >= 15 is 0 Å². The number of carbonyl (C=O) groups excluding carboxylic acids is 1. The monoisotopic (exact) mass is 498 g/mol. The number of carbonyl (C=O) groups is 2. The van der Waals surface area contributed by atoms with Crippen molar-refractivity contribution in [2.75, 3.05) is 19.6 Å². The third kappa shape index (κ3) is 4.44. The van der Waals surface area contributed by atoms with Gasteiger partial charge in [-0.05, 0) is 25.1 Å². The van der Waals surface area contributed by atoms with Gasteiger partial charge in [0.15, 0.2) is 0 Å². The molecule has 1 saturated heterocycles. The maximum atomic E-state index is 13.7. The fraction of sp³-hybridized carbons (Fsp3) is 0.304. The van der Waals surface area contributed by atoms with Gasteiger partial charge in [-0.3, -0.25) is 4.79 Å². The summed E-state index contributed by atoms with van der Waals surface area (Å²) in [7, 11) is 0. The molecule has 1 aromatic heterocycles. The van der Waals surface area contributed by atoms with Gasteiger partial charge in [0.25, 0.3) is 5.91 Å². The standard InChI is InChI=1S/C23H24BrN5O3/c1-17-9-13-29(23(31)32,16-18-5-3-2-4-6-18)14-12-27(17)22(30)20-15-19(24)7-8-21(20)28-25-10-11-26-28/h2-8,10-11,15,17H,9,12-14,16H2,1H3/p+1/t17-,29?/m1/s1. The number of carboxylic acid groups (broad SMARTS) is 1. The molecule has 0 bridgehead atoms. The molecule has 0 radical (unpaired) electrons. The molecule has 32 heavy (non-hydrogen) atoms. The Kier molecular flexibility index (Phi) is 6.38. The Balaban J connectivity index is 1.63. The van der Waals surface area contributed by atoms with Crippen LogP contribution < -0.4 is 0 Å². The molecule has 1 unspecified atom stereocenters. The summed E-state index contributed by atoms with van der Waals surface area (Å²) in [6.45, 7) is 3.51. The molecule has 1 aliphatic heterocycles. The van der Waals surface area contributed by atoms with Gasteiger partial charge in [0.2, 0.25) is 0 Å². The van der Waals surface area contributed by atoms with Crippen molar-refractivity contribution < 1.29 is 19.2 Å². The Hall–Kier alpha value is -3.04. The fourth-order valence-electron chi connectivity index (χ4n) is 4.22. The van der Waals surface area contributed by atoms with Crippen LogP contribution >= 0.6 is 15.9 Å². The molecule has 1 fully saturated rings. The van der Waals surface area contributed by atoms with Gasteiger partial charge in [0.05, 0.1) is 36.7 Å². The lowest BCUT2D eigenvalue weighted by Crippen LogP contribution is -2.53. The van der Waals surface area contributed by atoms with E-state index < -0.39 is 6.09 Å². The molecule has 9 heteroatoms. The molecule has 2 heterocycles. The highest BCUT2D eigenvalue weighted by Gasteiger charge is 2.42. The van der Waals surface area contributed by atoms with Gasteiger partial charge in [-0.1, -0.05) is 46.3 Å². The van der Waals surface area contributed by atoms with Crippen LogP contribution in [0, 0.1) is 0 Å². The van der Waals surface area contributed by atoms with Crippen LogP contribution in [-0.2, 0) is 6.54 Å². The van der Waals surface area contributed by atoms with Crippen LogP contribution in [0.4, 0.5) is 4.79 Å². The molecule has 1 N–H and O–H groups in total.